The van der Waals surface area contributed by atoms with Crippen molar-refractivity contribution in [2.45, 2.75) is 18.9 Å². The minimum absolute atomic E-state index is 0.0781. The third kappa shape index (κ3) is 3.02. The van der Waals surface area contributed by atoms with Gasteiger partial charge in [-0.15, -0.1) is 0 Å². The zero-order chi connectivity index (χ0) is 13.9. The highest BCUT2D eigenvalue weighted by molar-refractivity contribution is 7.92. The van der Waals surface area contributed by atoms with Crippen LogP contribution in [-0.4, -0.2) is 24.9 Å². The fourth-order valence-electron chi connectivity index (χ4n) is 1.49. The number of hydrogen-bond donors (Lipinski definition) is 2. The molecule has 0 radical (unpaired) electrons. The van der Waals surface area contributed by atoms with Crippen molar-refractivity contribution in [2.24, 2.45) is 0 Å². The van der Waals surface area contributed by atoms with Crippen LogP contribution in [0.1, 0.15) is 12.6 Å². The highest BCUT2D eigenvalue weighted by atomic mass is 32.2. The SMILES string of the molecule is CCNc1cccnc1S(=O)(=O)Nc1nc(C)co1. The molecule has 8 heteroatoms. The molecule has 0 saturated heterocycles. The summed E-state index contributed by atoms with van der Waals surface area (Å²) in [4.78, 5) is 7.78. The van der Waals surface area contributed by atoms with Crippen molar-refractivity contribution in [1.82, 2.24) is 9.97 Å². The fourth-order valence-corrected chi connectivity index (χ4v) is 2.54. The maximum atomic E-state index is 12.2. The second-order valence-corrected chi connectivity index (χ2v) is 5.38. The van der Waals surface area contributed by atoms with Gasteiger partial charge in [0.25, 0.3) is 10.0 Å². The molecule has 2 N–H and O–H groups in total. The Kier molecular flexibility index (Phi) is 3.70. The van der Waals surface area contributed by atoms with E-state index < -0.39 is 10.0 Å². The number of pyridine rings is 1. The summed E-state index contributed by atoms with van der Waals surface area (Å²) in [6.45, 7) is 4.16. The van der Waals surface area contributed by atoms with Crippen LogP contribution in [-0.2, 0) is 10.0 Å². The Bertz CT molecular complexity index is 666. The molecule has 7 nitrogen and oxygen atoms in total. The van der Waals surface area contributed by atoms with Crippen molar-refractivity contribution in [1.29, 1.82) is 0 Å². The van der Waals surface area contributed by atoms with Gasteiger partial charge in [0.05, 0.1) is 11.4 Å². The van der Waals surface area contributed by atoms with Crippen molar-refractivity contribution in [3.8, 4) is 0 Å². The van der Waals surface area contributed by atoms with E-state index in [2.05, 4.69) is 20.0 Å². The van der Waals surface area contributed by atoms with Crippen molar-refractivity contribution in [3.63, 3.8) is 0 Å². The molecule has 2 heterocycles. The molecule has 0 aromatic carbocycles. The van der Waals surface area contributed by atoms with Gasteiger partial charge in [0.15, 0.2) is 5.03 Å². The lowest BCUT2D eigenvalue weighted by molar-refractivity contribution is 0.568. The first-order chi connectivity index (χ1) is 9.03. The summed E-state index contributed by atoms with van der Waals surface area (Å²) in [6.07, 6.45) is 2.78. The minimum atomic E-state index is -3.83. The maximum Gasteiger partial charge on any atom is 0.309 e. The first-order valence-corrected chi connectivity index (χ1v) is 7.15. The zero-order valence-electron chi connectivity index (χ0n) is 10.5. The van der Waals surface area contributed by atoms with Gasteiger partial charge in [0.2, 0.25) is 0 Å². The number of aryl methyl sites for hydroxylation is 1. The molecule has 0 aliphatic carbocycles. The normalized spacial score (nSPS) is 11.3. The predicted molar refractivity (Wildman–Crippen MR) is 70.4 cm³/mol. The number of sulfonamides is 1. The number of aromatic nitrogens is 2. The van der Waals surface area contributed by atoms with Crippen LogP contribution in [0.25, 0.3) is 0 Å². The van der Waals surface area contributed by atoms with E-state index in [4.69, 9.17) is 4.42 Å². The Morgan fingerprint density at radius 3 is 2.84 bits per heavy atom. The molecule has 0 unspecified atom stereocenters. The van der Waals surface area contributed by atoms with Gasteiger partial charge >= 0.3 is 6.01 Å². The fraction of sp³-hybridized carbons (Fsp3) is 0.273. The largest absolute Gasteiger partial charge is 0.431 e. The van der Waals surface area contributed by atoms with Crippen molar-refractivity contribution >= 4 is 21.7 Å². The standard InChI is InChI=1S/C11H14N4O3S/c1-3-12-9-5-4-6-13-10(9)19(16,17)15-11-14-8(2)7-18-11/h4-7,12H,3H2,1-2H3,(H,14,15). The first kappa shape index (κ1) is 13.3. The predicted octanol–water partition coefficient (Wildman–Crippen LogP) is 1.61. The lowest BCUT2D eigenvalue weighted by atomic mass is 10.4. The van der Waals surface area contributed by atoms with E-state index in [9.17, 15) is 8.42 Å². The van der Waals surface area contributed by atoms with E-state index in [1.165, 1.54) is 12.5 Å². The van der Waals surface area contributed by atoms with E-state index in [1.54, 1.807) is 19.1 Å². The maximum absolute atomic E-state index is 12.2. The second-order valence-electron chi connectivity index (χ2n) is 3.79. The van der Waals surface area contributed by atoms with Crippen LogP contribution in [0.15, 0.2) is 34.0 Å². The van der Waals surface area contributed by atoms with E-state index in [1.807, 2.05) is 6.92 Å². The van der Waals surface area contributed by atoms with Gasteiger partial charge in [0, 0.05) is 12.7 Å². The summed E-state index contributed by atoms with van der Waals surface area (Å²) in [5, 5.41) is 2.85. The molecule has 2 aromatic heterocycles. The summed E-state index contributed by atoms with van der Waals surface area (Å²) < 4.78 is 31.6. The molecule has 0 aliphatic heterocycles. The topological polar surface area (TPSA) is 97.1 Å². The number of nitrogens with zero attached hydrogens (tertiary/aromatic N) is 2. The van der Waals surface area contributed by atoms with Gasteiger partial charge < -0.3 is 9.73 Å². The summed E-state index contributed by atoms with van der Waals surface area (Å²) in [6, 6.07) is 3.23. The Balaban J connectivity index is 2.34. The molecule has 0 spiro atoms. The van der Waals surface area contributed by atoms with Gasteiger partial charge in [-0.25, -0.2) is 9.71 Å². The summed E-state index contributed by atoms with van der Waals surface area (Å²) in [5.41, 5.74) is 1.02. The molecule has 0 bridgehead atoms. The van der Waals surface area contributed by atoms with Crippen molar-refractivity contribution in [3.05, 3.63) is 30.3 Å². The second kappa shape index (κ2) is 5.27. The highest BCUT2D eigenvalue weighted by Gasteiger charge is 2.21. The van der Waals surface area contributed by atoms with Crippen molar-refractivity contribution < 1.29 is 12.8 Å². The number of rotatable bonds is 5. The van der Waals surface area contributed by atoms with Crippen LogP contribution >= 0.6 is 0 Å². The molecule has 2 rings (SSSR count). The molecule has 0 fully saturated rings. The number of anilines is 2. The van der Waals surface area contributed by atoms with Crippen LogP contribution in [0.2, 0.25) is 0 Å². The minimum Gasteiger partial charge on any atom is -0.431 e. The molecule has 0 aliphatic rings. The average Bonchev–Trinajstić information content (AvgIpc) is 2.75. The van der Waals surface area contributed by atoms with Crippen LogP contribution < -0.4 is 10.0 Å². The molecular formula is C11H14N4O3S. The number of nitrogens with one attached hydrogen (secondary N) is 2. The third-order valence-corrected chi connectivity index (χ3v) is 3.51. The quantitative estimate of drug-likeness (QED) is 0.864. The van der Waals surface area contributed by atoms with Crippen LogP contribution in [0, 0.1) is 6.92 Å². The van der Waals surface area contributed by atoms with Gasteiger partial charge in [-0.1, -0.05) is 0 Å². The van der Waals surface area contributed by atoms with Gasteiger partial charge in [0.1, 0.15) is 6.26 Å². The Morgan fingerprint density at radius 2 is 2.21 bits per heavy atom. The summed E-state index contributed by atoms with van der Waals surface area (Å²) >= 11 is 0. The molecule has 2 aromatic rings. The molecule has 0 amide bonds. The van der Waals surface area contributed by atoms with Crippen LogP contribution in [0.5, 0.6) is 0 Å². The molecular weight excluding hydrogens is 268 g/mol. The highest BCUT2D eigenvalue weighted by Crippen LogP contribution is 2.20. The number of oxazole rings is 1. The van der Waals surface area contributed by atoms with E-state index in [-0.39, 0.29) is 11.0 Å². The average molecular weight is 282 g/mol. The molecule has 0 saturated carbocycles. The van der Waals surface area contributed by atoms with Gasteiger partial charge in [-0.2, -0.15) is 13.4 Å². The molecule has 19 heavy (non-hydrogen) atoms. The lowest BCUT2D eigenvalue weighted by Gasteiger charge is -2.09. The van der Waals surface area contributed by atoms with E-state index >= 15 is 0 Å². The Morgan fingerprint density at radius 1 is 1.42 bits per heavy atom. The van der Waals surface area contributed by atoms with Crippen molar-refractivity contribution in [2.75, 3.05) is 16.6 Å². The monoisotopic (exact) mass is 282 g/mol. The molecule has 0 atom stereocenters. The van der Waals surface area contributed by atoms with E-state index in [0.717, 1.165) is 0 Å². The molecule has 102 valence electrons. The van der Waals surface area contributed by atoms with Crippen LogP contribution in [0.4, 0.5) is 11.7 Å². The van der Waals surface area contributed by atoms with Gasteiger partial charge in [-0.05, 0) is 26.0 Å². The Hall–Kier alpha value is -2.09. The Labute approximate surface area is 111 Å². The van der Waals surface area contributed by atoms with Gasteiger partial charge in [-0.3, -0.25) is 0 Å². The van der Waals surface area contributed by atoms with Crippen LogP contribution in [0.3, 0.4) is 0 Å². The van der Waals surface area contributed by atoms with E-state index in [0.29, 0.717) is 17.9 Å². The zero-order valence-corrected chi connectivity index (χ0v) is 11.4. The summed E-state index contributed by atoms with van der Waals surface area (Å²) in [5.74, 6) is 0. The third-order valence-electron chi connectivity index (χ3n) is 2.23. The lowest BCUT2D eigenvalue weighted by Crippen LogP contribution is -2.17. The smallest absolute Gasteiger partial charge is 0.309 e. The number of hydrogen-bond acceptors (Lipinski definition) is 6. The summed E-state index contributed by atoms with van der Waals surface area (Å²) in [7, 11) is -3.83. The first-order valence-electron chi connectivity index (χ1n) is 5.67.